The number of likely N-dealkylation sites (tertiary alicyclic amines) is 1. The highest BCUT2D eigenvalue weighted by atomic mass is 16.5. The molecule has 5 nitrogen and oxygen atoms in total. The number of nitrogens with one attached hydrogen (secondary N) is 1. The summed E-state index contributed by atoms with van der Waals surface area (Å²) >= 11 is 0. The molecule has 1 saturated heterocycles. The van der Waals surface area contributed by atoms with Crippen LogP contribution in [0, 0.1) is 19.8 Å². The van der Waals surface area contributed by atoms with Crippen LogP contribution in [0.15, 0.2) is 18.2 Å². The Bertz CT molecular complexity index is 519. The highest BCUT2D eigenvalue weighted by Crippen LogP contribution is 2.20. The highest BCUT2D eigenvalue weighted by molar-refractivity contribution is 5.77. The van der Waals surface area contributed by atoms with Crippen molar-refractivity contribution >= 4 is 5.91 Å². The van der Waals surface area contributed by atoms with E-state index in [2.05, 4.69) is 42.3 Å². The summed E-state index contributed by atoms with van der Waals surface area (Å²) in [6.45, 7) is 6.77. The number of methoxy groups -OCH3 is 1. The van der Waals surface area contributed by atoms with E-state index in [4.69, 9.17) is 4.74 Å². The molecular weight excluding hydrogens is 280 g/mol. The van der Waals surface area contributed by atoms with E-state index in [1.165, 1.54) is 23.8 Å². The zero-order valence-electron chi connectivity index (χ0n) is 13.6. The quantitative estimate of drug-likeness (QED) is 0.818. The maximum Gasteiger partial charge on any atom is 0.246 e. The number of aliphatic hydroxyl groups excluding tert-OH is 1. The predicted molar refractivity (Wildman–Crippen MR) is 85.6 cm³/mol. The second kappa shape index (κ2) is 7.72. The summed E-state index contributed by atoms with van der Waals surface area (Å²) in [6, 6.07) is 6.48. The molecule has 2 N–H and O–H groups in total. The molecule has 5 heteroatoms. The minimum Gasteiger partial charge on any atom is -0.396 e. The monoisotopic (exact) mass is 306 g/mol. The van der Waals surface area contributed by atoms with Crippen molar-refractivity contribution in [2.24, 2.45) is 5.92 Å². The Morgan fingerprint density at radius 2 is 2.14 bits per heavy atom. The number of ether oxygens (including phenoxy) is 1. The summed E-state index contributed by atoms with van der Waals surface area (Å²) in [5, 5.41) is 12.5. The Morgan fingerprint density at radius 3 is 2.77 bits per heavy atom. The Labute approximate surface area is 132 Å². The molecular formula is C17H26N2O3. The van der Waals surface area contributed by atoms with Gasteiger partial charge in [0.1, 0.15) is 6.61 Å². The molecule has 1 aromatic rings. The molecule has 1 aromatic carbocycles. The smallest absolute Gasteiger partial charge is 0.246 e. The lowest BCUT2D eigenvalue weighted by molar-refractivity contribution is -0.125. The van der Waals surface area contributed by atoms with E-state index in [1.54, 1.807) is 0 Å². The van der Waals surface area contributed by atoms with Crippen LogP contribution in [-0.2, 0) is 16.1 Å². The molecule has 1 aliphatic heterocycles. The number of hydrogen-bond donors (Lipinski definition) is 2. The minimum atomic E-state index is -0.126. The number of rotatable bonds is 6. The molecule has 0 spiro atoms. The van der Waals surface area contributed by atoms with Crippen molar-refractivity contribution in [3.63, 3.8) is 0 Å². The number of aryl methyl sites for hydroxylation is 2. The van der Waals surface area contributed by atoms with Gasteiger partial charge in [0.25, 0.3) is 0 Å². The van der Waals surface area contributed by atoms with E-state index in [-0.39, 0.29) is 31.1 Å². The third kappa shape index (κ3) is 4.29. The fourth-order valence-corrected chi connectivity index (χ4v) is 2.98. The fourth-order valence-electron chi connectivity index (χ4n) is 2.98. The molecule has 1 heterocycles. The molecule has 0 radical (unpaired) electrons. The molecule has 0 unspecified atom stereocenters. The van der Waals surface area contributed by atoms with Gasteiger partial charge in [0.05, 0.1) is 0 Å². The normalized spacial score (nSPS) is 22.0. The molecule has 0 aliphatic carbocycles. The molecule has 122 valence electrons. The molecule has 0 saturated carbocycles. The second-order valence-corrected chi connectivity index (χ2v) is 6.16. The minimum absolute atomic E-state index is 0.0146. The Hall–Kier alpha value is -1.43. The third-order valence-corrected chi connectivity index (χ3v) is 4.35. The zero-order chi connectivity index (χ0) is 16.1. The third-order valence-electron chi connectivity index (χ3n) is 4.35. The van der Waals surface area contributed by atoms with Crippen LogP contribution in [0.3, 0.4) is 0 Å². The van der Waals surface area contributed by atoms with Crippen LogP contribution < -0.4 is 5.32 Å². The highest BCUT2D eigenvalue weighted by Gasteiger charge is 2.33. The van der Waals surface area contributed by atoms with E-state index >= 15 is 0 Å². The van der Waals surface area contributed by atoms with Gasteiger partial charge in [0, 0.05) is 45.3 Å². The van der Waals surface area contributed by atoms with Crippen molar-refractivity contribution in [2.75, 3.05) is 33.4 Å². The first-order chi connectivity index (χ1) is 10.5. The Morgan fingerprint density at radius 1 is 1.36 bits per heavy atom. The van der Waals surface area contributed by atoms with Crippen LogP contribution in [0.1, 0.15) is 16.7 Å². The standard InChI is InChI=1S/C17H26N2O3/c1-12-4-5-14(6-13(12)2)7-19-8-15(10-20)16(9-19)18-17(21)11-22-3/h4-6,15-16,20H,7-11H2,1-3H3,(H,18,21)/t15-,16+/m0/s1. The topological polar surface area (TPSA) is 61.8 Å². The summed E-state index contributed by atoms with van der Waals surface area (Å²) < 4.78 is 4.84. The zero-order valence-corrected chi connectivity index (χ0v) is 13.6. The number of hydrogen-bond acceptors (Lipinski definition) is 4. The predicted octanol–water partition coefficient (Wildman–Crippen LogP) is 0.859. The van der Waals surface area contributed by atoms with Gasteiger partial charge in [-0.3, -0.25) is 9.69 Å². The first kappa shape index (κ1) is 16.9. The van der Waals surface area contributed by atoms with Gasteiger partial charge in [0.2, 0.25) is 5.91 Å². The molecule has 1 fully saturated rings. The van der Waals surface area contributed by atoms with Gasteiger partial charge in [0.15, 0.2) is 0 Å². The van der Waals surface area contributed by atoms with Gasteiger partial charge >= 0.3 is 0 Å². The molecule has 0 bridgehead atoms. The van der Waals surface area contributed by atoms with E-state index in [0.717, 1.165) is 19.6 Å². The number of amides is 1. The number of nitrogens with zero attached hydrogens (tertiary/aromatic N) is 1. The van der Waals surface area contributed by atoms with Crippen molar-refractivity contribution in [3.05, 3.63) is 34.9 Å². The van der Waals surface area contributed by atoms with Crippen molar-refractivity contribution < 1.29 is 14.6 Å². The van der Waals surface area contributed by atoms with E-state index in [9.17, 15) is 9.90 Å². The van der Waals surface area contributed by atoms with Crippen LogP contribution >= 0.6 is 0 Å². The molecule has 2 atom stereocenters. The molecule has 1 aliphatic rings. The van der Waals surface area contributed by atoms with Gasteiger partial charge < -0.3 is 15.2 Å². The summed E-state index contributed by atoms with van der Waals surface area (Å²) in [6.07, 6.45) is 0. The molecule has 22 heavy (non-hydrogen) atoms. The Balaban J connectivity index is 1.95. The van der Waals surface area contributed by atoms with Crippen LogP contribution in [0.4, 0.5) is 0 Å². The summed E-state index contributed by atoms with van der Waals surface area (Å²) in [5.41, 5.74) is 3.85. The fraction of sp³-hybridized carbons (Fsp3) is 0.588. The van der Waals surface area contributed by atoms with Crippen molar-refractivity contribution in [3.8, 4) is 0 Å². The summed E-state index contributed by atoms with van der Waals surface area (Å²) in [4.78, 5) is 14.0. The maximum atomic E-state index is 11.7. The maximum absolute atomic E-state index is 11.7. The largest absolute Gasteiger partial charge is 0.396 e. The van der Waals surface area contributed by atoms with Crippen LogP contribution in [0.2, 0.25) is 0 Å². The lowest BCUT2D eigenvalue weighted by Gasteiger charge is -2.18. The second-order valence-electron chi connectivity index (χ2n) is 6.16. The van der Waals surface area contributed by atoms with Crippen molar-refractivity contribution in [1.29, 1.82) is 0 Å². The number of carbonyl (C=O) groups is 1. The number of benzene rings is 1. The van der Waals surface area contributed by atoms with E-state index < -0.39 is 0 Å². The lowest BCUT2D eigenvalue weighted by atomic mass is 10.1. The van der Waals surface area contributed by atoms with Crippen LogP contribution in [0.5, 0.6) is 0 Å². The molecule has 0 aromatic heterocycles. The van der Waals surface area contributed by atoms with Crippen LogP contribution in [-0.4, -0.2) is 55.4 Å². The van der Waals surface area contributed by atoms with Crippen molar-refractivity contribution in [1.82, 2.24) is 10.2 Å². The van der Waals surface area contributed by atoms with Crippen molar-refractivity contribution in [2.45, 2.75) is 26.4 Å². The molecule has 2 rings (SSSR count). The average molecular weight is 306 g/mol. The van der Waals surface area contributed by atoms with E-state index in [1.807, 2.05) is 0 Å². The van der Waals surface area contributed by atoms with Crippen LogP contribution in [0.25, 0.3) is 0 Å². The Kier molecular flexibility index (Phi) is 5.94. The first-order valence-electron chi connectivity index (χ1n) is 7.71. The lowest BCUT2D eigenvalue weighted by Crippen LogP contribution is -2.43. The first-order valence-corrected chi connectivity index (χ1v) is 7.71. The SMILES string of the molecule is COCC(=O)N[C@@H]1CN(Cc2ccc(C)c(C)c2)C[C@H]1CO. The van der Waals surface area contributed by atoms with Gasteiger partial charge in [-0.1, -0.05) is 18.2 Å². The van der Waals surface area contributed by atoms with Gasteiger partial charge in [-0.2, -0.15) is 0 Å². The van der Waals surface area contributed by atoms with Gasteiger partial charge in [-0.25, -0.2) is 0 Å². The summed E-state index contributed by atoms with van der Waals surface area (Å²) in [7, 11) is 1.50. The summed E-state index contributed by atoms with van der Waals surface area (Å²) in [5.74, 6) is -0.0497. The van der Waals surface area contributed by atoms with Gasteiger partial charge in [-0.15, -0.1) is 0 Å². The number of carbonyl (C=O) groups excluding carboxylic acids is 1. The average Bonchev–Trinajstić information content (AvgIpc) is 2.84. The molecule has 1 amide bonds. The number of aliphatic hydroxyl groups is 1. The van der Waals surface area contributed by atoms with E-state index in [0.29, 0.717) is 0 Å². The van der Waals surface area contributed by atoms with Gasteiger partial charge in [-0.05, 0) is 30.5 Å².